The van der Waals surface area contributed by atoms with Gasteiger partial charge in [-0.2, -0.15) is 0 Å². The number of nitrogens with zero attached hydrogens (tertiary/aromatic N) is 1. The molecule has 0 radical (unpaired) electrons. The molecule has 1 heterocycles. The number of fused-ring (bicyclic) bond motifs is 3. The third-order valence-electron chi connectivity index (χ3n) is 4.41. The molecule has 3 aromatic rings. The van der Waals surface area contributed by atoms with Crippen molar-refractivity contribution in [1.82, 2.24) is 9.88 Å². The molecule has 0 saturated carbocycles. The van der Waals surface area contributed by atoms with Gasteiger partial charge in [0.1, 0.15) is 0 Å². The predicted molar refractivity (Wildman–Crippen MR) is 93.6 cm³/mol. The van der Waals surface area contributed by atoms with Gasteiger partial charge in [-0.25, -0.2) is 0 Å². The molecular weight excluding hydrogens is 288 g/mol. The quantitative estimate of drug-likeness (QED) is 0.750. The molecule has 0 unspecified atom stereocenters. The summed E-state index contributed by atoms with van der Waals surface area (Å²) in [6, 6.07) is 10.6. The molecule has 0 atom stereocenters. The van der Waals surface area contributed by atoms with Crippen LogP contribution in [0.1, 0.15) is 16.7 Å². The van der Waals surface area contributed by atoms with Crippen LogP contribution in [0.5, 0.6) is 0 Å². The Balaban J connectivity index is 2.06. The normalized spacial score (nSPS) is 11.5. The van der Waals surface area contributed by atoms with E-state index in [0.29, 0.717) is 6.54 Å². The largest absolute Gasteiger partial charge is 0.468 e. The van der Waals surface area contributed by atoms with Gasteiger partial charge in [0.05, 0.1) is 13.7 Å². The van der Waals surface area contributed by atoms with Gasteiger partial charge in [0, 0.05) is 28.4 Å². The second-order valence-corrected chi connectivity index (χ2v) is 6.15. The fourth-order valence-corrected chi connectivity index (χ4v) is 3.23. The Morgan fingerprint density at radius 1 is 1.26 bits per heavy atom. The van der Waals surface area contributed by atoms with E-state index in [0.717, 1.165) is 12.1 Å². The lowest BCUT2D eigenvalue weighted by Gasteiger charge is -2.18. The van der Waals surface area contributed by atoms with Gasteiger partial charge in [0.15, 0.2) is 0 Å². The number of carbonyl (C=O) groups excluding carboxylic acids is 1. The Bertz CT molecular complexity index is 880. The van der Waals surface area contributed by atoms with Gasteiger partial charge in [0.25, 0.3) is 0 Å². The highest BCUT2D eigenvalue weighted by Crippen LogP contribution is 2.32. The number of rotatable bonds is 4. The summed E-state index contributed by atoms with van der Waals surface area (Å²) in [4.78, 5) is 16.9. The molecule has 0 spiro atoms. The maximum absolute atomic E-state index is 11.4. The zero-order chi connectivity index (χ0) is 16.6. The minimum absolute atomic E-state index is 0.213. The number of carbonyl (C=O) groups is 1. The smallest absolute Gasteiger partial charge is 0.319 e. The molecule has 0 aliphatic heterocycles. The van der Waals surface area contributed by atoms with E-state index in [-0.39, 0.29) is 5.97 Å². The molecular formula is C19H22N2O2. The van der Waals surface area contributed by atoms with Crippen LogP contribution in [-0.4, -0.2) is 36.6 Å². The number of aryl methyl sites for hydroxylation is 2. The predicted octanol–water partition coefficient (Wildman–Crippen LogP) is 3.54. The van der Waals surface area contributed by atoms with Crippen molar-refractivity contribution in [3.05, 3.63) is 47.0 Å². The first kappa shape index (κ1) is 15.6. The number of H-pyrrole nitrogens is 1. The van der Waals surface area contributed by atoms with Crippen LogP contribution in [0, 0.1) is 13.8 Å². The molecule has 0 amide bonds. The third-order valence-corrected chi connectivity index (χ3v) is 4.41. The molecule has 0 fully saturated rings. The van der Waals surface area contributed by atoms with Crippen molar-refractivity contribution < 1.29 is 9.53 Å². The minimum atomic E-state index is -0.213. The summed E-state index contributed by atoms with van der Waals surface area (Å²) in [5.41, 5.74) is 6.09. The van der Waals surface area contributed by atoms with Crippen LogP contribution >= 0.6 is 0 Å². The van der Waals surface area contributed by atoms with E-state index in [9.17, 15) is 4.79 Å². The number of para-hydroxylation sites is 1. The molecule has 1 aromatic heterocycles. The maximum Gasteiger partial charge on any atom is 0.319 e. The summed E-state index contributed by atoms with van der Waals surface area (Å²) in [7, 11) is 3.36. The minimum Gasteiger partial charge on any atom is -0.468 e. The lowest BCUT2D eigenvalue weighted by atomic mass is 9.98. The van der Waals surface area contributed by atoms with Gasteiger partial charge < -0.3 is 9.72 Å². The standard InChI is InChI=1S/C19H22N2O2/c1-12-9-14(10-21(3)11-17(22)23-4)13(2)18-15-7-5-6-8-16(15)20-19(12)18/h5-9,20H,10-11H2,1-4H3. The molecule has 0 aliphatic carbocycles. The van der Waals surface area contributed by atoms with Crippen molar-refractivity contribution in [2.45, 2.75) is 20.4 Å². The maximum atomic E-state index is 11.4. The van der Waals surface area contributed by atoms with Gasteiger partial charge in [-0.3, -0.25) is 9.69 Å². The fraction of sp³-hybridized carbons (Fsp3) is 0.316. The lowest BCUT2D eigenvalue weighted by molar-refractivity contribution is -0.141. The number of methoxy groups -OCH3 is 1. The van der Waals surface area contributed by atoms with E-state index < -0.39 is 0 Å². The van der Waals surface area contributed by atoms with Crippen molar-refractivity contribution in [3.63, 3.8) is 0 Å². The second-order valence-electron chi connectivity index (χ2n) is 6.15. The number of aromatic amines is 1. The summed E-state index contributed by atoms with van der Waals surface area (Å²) in [6.45, 7) is 5.29. The number of benzene rings is 2. The lowest BCUT2D eigenvalue weighted by Crippen LogP contribution is -2.26. The molecule has 1 N–H and O–H groups in total. The van der Waals surface area contributed by atoms with Crippen LogP contribution in [0.25, 0.3) is 21.8 Å². The number of ether oxygens (including phenoxy) is 1. The molecule has 120 valence electrons. The third kappa shape index (κ3) is 2.82. The van der Waals surface area contributed by atoms with E-state index in [2.05, 4.69) is 43.1 Å². The molecule has 0 aliphatic rings. The van der Waals surface area contributed by atoms with E-state index in [1.165, 1.54) is 40.1 Å². The highest BCUT2D eigenvalue weighted by Gasteiger charge is 2.14. The number of hydrogen-bond acceptors (Lipinski definition) is 3. The Kier molecular flexibility index (Phi) is 4.09. The molecule has 0 saturated heterocycles. The van der Waals surface area contributed by atoms with Gasteiger partial charge in [-0.15, -0.1) is 0 Å². The van der Waals surface area contributed by atoms with Gasteiger partial charge in [-0.05, 0) is 43.7 Å². The summed E-state index contributed by atoms with van der Waals surface area (Å²) in [5.74, 6) is -0.213. The summed E-state index contributed by atoms with van der Waals surface area (Å²) in [5, 5.41) is 2.53. The number of hydrogen-bond donors (Lipinski definition) is 1. The molecule has 3 rings (SSSR count). The first-order chi connectivity index (χ1) is 11.0. The monoisotopic (exact) mass is 310 g/mol. The summed E-state index contributed by atoms with van der Waals surface area (Å²) in [6.07, 6.45) is 0. The summed E-state index contributed by atoms with van der Waals surface area (Å²) >= 11 is 0. The highest BCUT2D eigenvalue weighted by atomic mass is 16.5. The van der Waals surface area contributed by atoms with Crippen LogP contribution in [0.4, 0.5) is 0 Å². The SMILES string of the molecule is COC(=O)CN(C)Cc1cc(C)c2[nH]c3ccccc3c2c1C. The zero-order valence-corrected chi connectivity index (χ0v) is 14.1. The second kappa shape index (κ2) is 6.05. The van der Waals surface area contributed by atoms with Crippen LogP contribution in [0.3, 0.4) is 0 Å². The van der Waals surface area contributed by atoms with E-state index in [1.54, 1.807) is 0 Å². The highest BCUT2D eigenvalue weighted by molar-refractivity contribution is 6.10. The fourth-order valence-electron chi connectivity index (χ4n) is 3.23. The van der Waals surface area contributed by atoms with Crippen LogP contribution in [0.15, 0.2) is 30.3 Å². The molecule has 4 nitrogen and oxygen atoms in total. The Hall–Kier alpha value is -2.33. The van der Waals surface area contributed by atoms with E-state index >= 15 is 0 Å². The van der Waals surface area contributed by atoms with Crippen LogP contribution in [0.2, 0.25) is 0 Å². The number of esters is 1. The number of nitrogens with one attached hydrogen (secondary N) is 1. The van der Waals surface area contributed by atoms with Gasteiger partial charge in [-0.1, -0.05) is 24.3 Å². The first-order valence-electron chi connectivity index (χ1n) is 7.76. The summed E-state index contributed by atoms with van der Waals surface area (Å²) < 4.78 is 4.74. The number of likely N-dealkylation sites (N-methyl/N-ethyl adjacent to an activating group) is 1. The van der Waals surface area contributed by atoms with Crippen molar-refractivity contribution >= 4 is 27.8 Å². The zero-order valence-electron chi connectivity index (χ0n) is 14.1. The Morgan fingerprint density at radius 3 is 2.74 bits per heavy atom. The average Bonchev–Trinajstić information content (AvgIpc) is 2.92. The molecule has 23 heavy (non-hydrogen) atoms. The number of aromatic nitrogens is 1. The van der Waals surface area contributed by atoms with Gasteiger partial charge >= 0.3 is 5.97 Å². The van der Waals surface area contributed by atoms with Crippen LogP contribution < -0.4 is 0 Å². The first-order valence-corrected chi connectivity index (χ1v) is 7.76. The van der Waals surface area contributed by atoms with Crippen LogP contribution in [-0.2, 0) is 16.1 Å². The van der Waals surface area contributed by atoms with E-state index in [1.807, 2.05) is 18.0 Å². The van der Waals surface area contributed by atoms with E-state index in [4.69, 9.17) is 4.74 Å². The van der Waals surface area contributed by atoms with Crippen molar-refractivity contribution in [3.8, 4) is 0 Å². The molecule has 2 aromatic carbocycles. The molecule has 4 heteroatoms. The average molecular weight is 310 g/mol. The Labute approximate surface area is 136 Å². The topological polar surface area (TPSA) is 45.3 Å². The molecule has 0 bridgehead atoms. The van der Waals surface area contributed by atoms with Gasteiger partial charge in [0.2, 0.25) is 0 Å². The van der Waals surface area contributed by atoms with Crippen molar-refractivity contribution in [2.24, 2.45) is 0 Å². The van der Waals surface area contributed by atoms with Crippen molar-refractivity contribution in [1.29, 1.82) is 0 Å². The Morgan fingerprint density at radius 2 is 2.00 bits per heavy atom. The van der Waals surface area contributed by atoms with Crippen molar-refractivity contribution in [2.75, 3.05) is 20.7 Å².